The van der Waals surface area contributed by atoms with Crippen molar-refractivity contribution in [3.8, 4) is 0 Å². The maximum absolute atomic E-state index is 14.5. The number of aliphatic hydroxyl groups excluding tert-OH is 1. The van der Waals surface area contributed by atoms with Crippen molar-refractivity contribution in [3.05, 3.63) is 67.8 Å². The highest BCUT2D eigenvalue weighted by Gasteiger charge is 2.75. The first kappa shape index (κ1) is 26.1. The Morgan fingerprint density at radius 2 is 1.87 bits per heavy atom. The second-order valence-electron chi connectivity index (χ2n) is 10.6. The predicted octanol–water partition coefficient (Wildman–Crippen LogP) is 2.76. The van der Waals surface area contributed by atoms with Gasteiger partial charge in [-0.25, -0.2) is 0 Å². The predicted molar refractivity (Wildman–Crippen MR) is 145 cm³/mol. The Morgan fingerprint density at radius 3 is 2.55 bits per heavy atom. The molecule has 1 N–H and O–H groups in total. The number of amides is 3. The van der Waals surface area contributed by atoms with Crippen LogP contribution in [0.25, 0.3) is 10.8 Å². The largest absolute Gasteiger partial charge is 0.394 e. The van der Waals surface area contributed by atoms with Crippen LogP contribution in [0.4, 0.5) is 5.69 Å². The standard InChI is InChI=1S/C30H35N3O5/c1-5-15-31(4)27(35)24-23-13-14-30(38-23)25(24)28(36)33(19(3)18-34)26(30)29(37)32(16-6-2)22-12-11-20-9-7-8-10-21(20)17-22/h5-12,17,19,23-26,34H,1-2,13-16,18H2,3-4H3/t19-,23-,24+,25+,26?,30?/m1/s1. The molecule has 3 heterocycles. The lowest BCUT2D eigenvalue weighted by atomic mass is 9.70. The smallest absolute Gasteiger partial charge is 0.253 e. The van der Waals surface area contributed by atoms with Gasteiger partial charge in [0.2, 0.25) is 11.8 Å². The van der Waals surface area contributed by atoms with Gasteiger partial charge in [-0.15, -0.1) is 13.2 Å². The van der Waals surface area contributed by atoms with Gasteiger partial charge in [-0.3, -0.25) is 14.4 Å². The van der Waals surface area contributed by atoms with Crippen LogP contribution in [0.5, 0.6) is 0 Å². The van der Waals surface area contributed by atoms with Crippen LogP contribution in [0.3, 0.4) is 0 Å². The average Bonchev–Trinajstić information content (AvgIpc) is 3.57. The molecule has 3 aliphatic heterocycles. The average molecular weight is 518 g/mol. The van der Waals surface area contributed by atoms with Crippen molar-refractivity contribution >= 4 is 34.2 Å². The van der Waals surface area contributed by atoms with Gasteiger partial charge < -0.3 is 24.5 Å². The van der Waals surface area contributed by atoms with Crippen molar-refractivity contribution in [2.24, 2.45) is 11.8 Å². The zero-order valence-corrected chi connectivity index (χ0v) is 22.0. The molecule has 0 saturated carbocycles. The van der Waals surface area contributed by atoms with E-state index < -0.39 is 35.6 Å². The molecule has 8 nitrogen and oxygen atoms in total. The lowest BCUT2D eigenvalue weighted by Crippen LogP contribution is -2.58. The molecule has 3 saturated heterocycles. The minimum Gasteiger partial charge on any atom is -0.394 e. The quantitative estimate of drug-likeness (QED) is 0.517. The van der Waals surface area contributed by atoms with E-state index in [0.717, 1.165) is 10.8 Å². The van der Waals surface area contributed by atoms with Gasteiger partial charge in [-0.1, -0.05) is 42.5 Å². The second kappa shape index (κ2) is 10.0. The minimum atomic E-state index is -1.13. The third kappa shape index (κ3) is 3.85. The summed E-state index contributed by atoms with van der Waals surface area (Å²) in [6.45, 7) is 9.57. The maximum atomic E-state index is 14.5. The summed E-state index contributed by atoms with van der Waals surface area (Å²) in [4.78, 5) is 46.7. The molecular weight excluding hydrogens is 482 g/mol. The number of carbonyl (C=O) groups is 3. The molecule has 0 radical (unpaired) electrons. The minimum absolute atomic E-state index is 0.183. The molecule has 2 aromatic rings. The number of aliphatic hydroxyl groups is 1. The summed E-state index contributed by atoms with van der Waals surface area (Å²) in [6.07, 6.45) is 3.95. The molecule has 2 aromatic carbocycles. The number of carbonyl (C=O) groups excluding carboxylic acids is 3. The van der Waals surface area contributed by atoms with E-state index in [4.69, 9.17) is 4.74 Å². The highest BCUT2D eigenvalue weighted by molar-refractivity contribution is 6.06. The molecule has 3 aliphatic rings. The third-order valence-electron chi connectivity index (χ3n) is 8.40. The molecule has 3 amide bonds. The van der Waals surface area contributed by atoms with Gasteiger partial charge in [0.15, 0.2) is 0 Å². The Bertz CT molecular complexity index is 1290. The normalized spacial score (nSPS) is 28.3. The van der Waals surface area contributed by atoms with Crippen LogP contribution in [0.15, 0.2) is 67.8 Å². The summed E-state index contributed by atoms with van der Waals surface area (Å²) in [6, 6.07) is 12.1. The zero-order valence-electron chi connectivity index (χ0n) is 22.0. The molecule has 38 heavy (non-hydrogen) atoms. The molecule has 6 atom stereocenters. The Balaban J connectivity index is 1.58. The fourth-order valence-electron chi connectivity index (χ4n) is 6.70. The van der Waals surface area contributed by atoms with Gasteiger partial charge in [0.1, 0.15) is 11.6 Å². The summed E-state index contributed by atoms with van der Waals surface area (Å²) < 4.78 is 6.52. The van der Waals surface area contributed by atoms with Crippen LogP contribution >= 0.6 is 0 Å². The third-order valence-corrected chi connectivity index (χ3v) is 8.40. The van der Waals surface area contributed by atoms with Crippen LogP contribution in [-0.4, -0.2) is 83.2 Å². The first-order valence-corrected chi connectivity index (χ1v) is 13.2. The van der Waals surface area contributed by atoms with Crippen molar-refractivity contribution in [2.75, 3.05) is 31.6 Å². The van der Waals surface area contributed by atoms with Gasteiger partial charge >= 0.3 is 0 Å². The Labute approximate surface area is 223 Å². The molecule has 1 spiro atoms. The molecule has 3 fully saturated rings. The molecule has 0 aliphatic carbocycles. The number of ether oxygens (including phenoxy) is 1. The monoisotopic (exact) mass is 517 g/mol. The highest BCUT2D eigenvalue weighted by atomic mass is 16.5. The van der Waals surface area contributed by atoms with Crippen LogP contribution in [-0.2, 0) is 19.1 Å². The number of hydrogen-bond acceptors (Lipinski definition) is 5. The van der Waals surface area contributed by atoms with Crippen molar-refractivity contribution in [1.82, 2.24) is 9.80 Å². The lowest BCUT2D eigenvalue weighted by Gasteiger charge is -2.38. The molecule has 8 heteroatoms. The van der Waals surface area contributed by atoms with E-state index in [0.29, 0.717) is 25.1 Å². The van der Waals surface area contributed by atoms with Crippen molar-refractivity contribution in [1.29, 1.82) is 0 Å². The van der Waals surface area contributed by atoms with E-state index in [1.165, 1.54) is 4.90 Å². The maximum Gasteiger partial charge on any atom is 0.253 e. The Morgan fingerprint density at radius 1 is 1.16 bits per heavy atom. The number of anilines is 1. The number of fused-ring (bicyclic) bond motifs is 2. The summed E-state index contributed by atoms with van der Waals surface area (Å²) in [5.74, 6) is -2.26. The van der Waals surface area contributed by atoms with E-state index in [1.54, 1.807) is 35.9 Å². The number of hydrogen-bond donors (Lipinski definition) is 1. The van der Waals surface area contributed by atoms with Gasteiger partial charge in [0, 0.05) is 25.8 Å². The molecular formula is C30H35N3O5. The second-order valence-corrected chi connectivity index (χ2v) is 10.6. The van der Waals surface area contributed by atoms with Crippen molar-refractivity contribution < 1.29 is 24.2 Å². The van der Waals surface area contributed by atoms with Crippen LogP contribution < -0.4 is 4.90 Å². The fourth-order valence-corrected chi connectivity index (χ4v) is 6.70. The van der Waals surface area contributed by atoms with E-state index >= 15 is 0 Å². The number of likely N-dealkylation sites (tertiary alicyclic amines) is 1. The molecule has 0 aromatic heterocycles. The number of rotatable bonds is 9. The van der Waals surface area contributed by atoms with E-state index in [-0.39, 0.29) is 30.9 Å². The Kier molecular flexibility index (Phi) is 6.88. The van der Waals surface area contributed by atoms with Gasteiger partial charge in [-0.2, -0.15) is 0 Å². The number of nitrogens with zero attached hydrogens (tertiary/aromatic N) is 3. The molecule has 2 unspecified atom stereocenters. The van der Waals surface area contributed by atoms with E-state index in [2.05, 4.69) is 13.2 Å². The molecule has 5 rings (SSSR count). The van der Waals surface area contributed by atoms with Crippen LogP contribution in [0.2, 0.25) is 0 Å². The fraction of sp³-hybridized carbons (Fsp3) is 0.433. The van der Waals surface area contributed by atoms with E-state index in [9.17, 15) is 19.5 Å². The summed E-state index contributed by atoms with van der Waals surface area (Å²) in [5, 5.41) is 12.1. The molecule has 200 valence electrons. The summed E-state index contributed by atoms with van der Waals surface area (Å²) >= 11 is 0. The van der Waals surface area contributed by atoms with Gasteiger partial charge in [0.05, 0.1) is 30.6 Å². The van der Waals surface area contributed by atoms with Gasteiger partial charge in [0.25, 0.3) is 5.91 Å². The van der Waals surface area contributed by atoms with Gasteiger partial charge in [-0.05, 0) is 42.7 Å². The lowest BCUT2D eigenvalue weighted by molar-refractivity contribution is -0.146. The van der Waals surface area contributed by atoms with E-state index in [1.807, 2.05) is 42.5 Å². The van der Waals surface area contributed by atoms with Crippen molar-refractivity contribution in [3.63, 3.8) is 0 Å². The topological polar surface area (TPSA) is 90.4 Å². The molecule has 2 bridgehead atoms. The first-order chi connectivity index (χ1) is 18.3. The zero-order chi connectivity index (χ0) is 27.2. The Hall–Kier alpha value is -3.49. The summed E-state index contributed by atoms with van der Waals surface area (Å²) in [7, 11) is 1.68. The first-order valence-electron chi connectivity index (χ1n) is 13.2. The SMILES string of the molecule is C=CCN(C)C(=O)[C@@H]1[C@H]2C(=O)N([C@H](C)CO)C(C(=O)N(CC=C)c3ccc4ccccc4c3)C23CC[C@H]1O3. The number of likely N-dealkylation sites (N-methyl/N-ethyl adjacent to an activating group) is 1. The van der Waals surface area contributed by atoms with Crippen LogP contribution in [0.1, 0.15) is 19.8 Å². The highest BCUT2D eigenvalue weighted by Crippen LogP contribution is 2.59. The summed E-state index contributed by atoms with van der Waals surface area (Å²) in [5.41, 5.74) is -0.447. The van der Waals surface area contributed by atoms with Crippen molar-refractivity contribution in [2.45, 2.75) is 43.6 Å². The van der Waals surface area contributed by atoms with Crippen LogP contribution in [0, 0.1) is 11.8 Å². The number of benzene rings is 2.